The second kappa shape index (κ2) is 7.19. The number of phenols is 2. The predicted octanol–water partition coefficient (Wildman–Crippen LogP) is 3.32. The standard InChI is InChI=1S/C19H15NO4S/c21-14-4-2-13(3-5-14)17(23)11-20-19(24)6-1-12-9-16(22)15-7-8-25-18(15)10-12/h1-10,21-22H,11H2,(H,20,24)/b6-1+. The highest BCUT2D eigenvalue weighted by Gasteiger charge is 2.07. The van der Waals surface area contributed by atoms with Crippen molar-refractivity contribution in [2.45, 2.75) is 0 Å². The van der Waals surface area contributed by atoms with Crippen molar-refractivity contribution < 1.29 is 19.8 Å². The van der Waals surface area contributed by atoms with Crippen LogP contribution in [0, 0.1) is 0 Å². The highest BCUT2D eigenvalue weighted by Crippen LogP contribution is 2.30. The number of hydrogen-bond acceptors (Lipinski definition) is 5. The average molecular weight is 353 g/mol. The van der Waals surface area contributed by atoms with Crippen LogP contribution in [0.4, 0.5) is 0 Å². The van der Waals surface area contributed by atoms with Gasteiger partial charge in [0.25, 0.3) is 0 Å². The molecule has 0 aliphatic carbocycles. The van der Waals surface area contributed by atoms with Gasteiger partial charge in [-0.15, -0.1) is 11.3 Å². The van der Waals surface area contributed by atoms with Crippen molar-refractivity contribution in [2.75, 3.05) is 6.54 Å². The van der Waals surface area contributed by atoms with Gasteiger partial charge < -0.3 is 15.5 Å². The number of hydrogen-bond donors (Lipinski definition) is 3. The zero-order chi connectivity index (χ0) is 17.8. The van der Waals surface area contributed by atoms with Crippen molar-refractivity contribution in [3.63, 3.8) is 0 Å². The summed E-state index contributed by atoms with van der Waals surface area (Å²) >= 11 is 1.51. The summed E-state index contributed by atoms with van der Waals surface area (Å²) in [7, 11) is 0. The summed E-state index contributed by atoms with van der Waals surface area (Å²) in [6.45, 7) is -0.136. The Morgan fingerprint density at radius 2 is 1.84 bits per heavy atom. The summed E-state index contributed by atoms with van der Waals surface area (Å²) in [5, 5.41) is 24.3. The maximum absolute atomic E-state index is 11.9. The lowest BCUT2D eigenvalue weighted by Gasteiger charge is -2.03. The first-order chi connectivity index (χ1) is 12.0. The number of Topliss-reactive ketones (excluding diaryl/α,β-unsaturated/α-hetero) is 1. The number of rotatable bonds is 5. The van der Waals surface area contributed by atoms with Crippen molar-refractivity contribution in [3.8, 4) is 11.5 Å². The minimum Gasteiger partial charge on any atom is -0.508 e. The number of amides is 1. The second-order valence-corrected chi connectivity index (χ2v) is 6.34. The fraction of sp³-hybridized carbons (Fsp3) is 0.0526. The molecule has 3 rings (SSSR count). The molecule has 0 unspecified atom stereocenters. The largest absolute Gasteiger partial charge is 0.508 e. The Balaban J connectivity index is 1.60. The van der Waals surface area contributed by atoms with Gasteiger partial charge in [0.1, 0.15) is 11.5 Å². The van der Waals surface area contributed by atoms with Gasteiger partial charge in [-0.3, -0.25) is 9.59 Å². The van der Waals surface area contributed by atoms with Crippen LogP contribution < -0.4 is 5.32 Å². The lowest BCUT2D eigenvalue weighted by atomic mass is 10.1. The van der Waals surface area contributed by atoms with Crippen LogP contribution in [0.25, 0.3) is 16.2 Å². The summed E-state index contributed by atoms with van der Waals surface area (Å²) in [4.78, 5) is 23.8. The van der Waals surface area contributed by atoms with E-state index in [0.717, 1.165) is 10.1 Å². The number of phenolic OH excluding ortho intramolecular Hbond substituents is 2. The van der Waals surface area contributed by atoms with Gasteiger partial charge in [0.05, 0.1) is 6.54 Å². The van der Waals surface area contributed by atoms with Crippen LogP contribution in [-0.4, -0.2) is 28.4 Å². The molecule has 3 N–H and O–H groups in total. The van der Waals surface area contributed by atoms with Crippen LogP contribution in [-0.2, 0) is 4.79 Å². The average Bonchev–Trinajstić information content (AvgIpc) is 3.07. The molecule has 5 nitrogen and oxygen atoms in total. The van der Waals surface area contributed by atoms with E-state index >= 15 is 0 Å². The highest BCUT2D eigenvalue weighted by molar-refractivity contribution is 7.17. The minimum atomic E-state index is -0.405. The molecule has 1 aromatic heterocycles. The van der Waals surface area contributed by atoms with Crippen molar-refractivity contribution in [2.24, 2.45) is 0 Å². The van der Waals surface area contributed by atoms with E-state index in [1.165, 1.54) is 41.7 Å². The fourth-order valence-electron chi connectivity index (χ4n) is 2.32. The van der Waals surface area contributed by atoms with E-state index in [1.807, 2.05) is 17.5 Å². The zero-order valence-electron chi connectivity index (χ0n) is 13.1. The summed E-state index contributed by atoms with van der Waals surface area (Å²) in [6.07, 6.45) is 2.90. The molecule has 126 valence electrons. The lowest BCUT2D eigenvalue weighted by Crippen LogP contribution is -2.27. The zero-order valence-corrected chi connectivity index (χ0v) is 13.9. The molecule has 0 aliphatic rings. The van der Waals surface area contributed by atoms with Gasteiger partial charge in [-0.1, -0.05) is 0 Å². The number of aromatic hydroxyl groups is 2. The number of ketones is 1. The van der Waals surface area contributed by atoms with Crippen LogP contribution in [0.3, 0.4) is 0 Å². The molecule has 0 bridgehead atoms. The Bertz CT molecular complexity index is 957. The van der Waals surface area contributed by atoms with Crippen molar-refractivity contribution in [3.05, 3.63) is 65.0 Å². The molecule has 6 heteroatoms. The van der Waals surface area contributed by atoms with E-state index in [4.69, 9.17) is 0 Å². The third-order valence-electron chi connectivity index (χ3n) is 3.61. The minimum absolute atomic E-state index is 0.0782. The fourth-order valence-corrected chi connectivity index (χ4v) is 3.17. The molecule has 0 radical (unpaired) electrons. The molecular formula is C19H15NO4S. The van der Waals surface area contributed by atoms with Gasteiger partial charge in [0.15, 0.2) is 5.78 Å². The third kappa shape index (κ3) is 4.05. The van der Waals surface area contributed by atoms with Crippen molar-refractivity contribution >= 4 is 39.2 Å². The van der Waals surface area contributed by atoms with Gasteiger partial charge >= 0.3 is 0 Å². The molecule has 0 fully saturated rings. The summed E-state index contributed by atoms with van der Waals surface area (Å²) in [5.41, 5.74) is 1.11. The van der Waals surface area contributed by atoms with Crippen LogP contribution >= 0.6 is 11.3 Å². The number of carbonyl (C=O) groups excluding carboxylic acids is 2. The van der Waals surface area contributed by atoms with Crippen LogP contribution in [0.15, 0.2) is 53.9 Å². The monoisotopic (exact) mass is 353 g/mol. The van der Waals surface area contributed by atoms with Gasteiger partial charge in [0.2, 0.25) is 5.91 Å². The Hall–Kier alpha value is -3.12. The summed E-state index contributed by atoms with van der Waals surface area (Å²) < 4.78 is 0.933. The molecule has 0 saturated carbocycles. The van der Waals surface area contributed by atoms with Crippen LogP contribution in [0.1, 0.15) is 15.9 Å². The van der Waals surface area contributed by atoms with E-state index in [9.17, 15) is 19.8 Å². The molecule has 1 heterocycles. The molecule has 0 aliphatic heterocycles. The van der Waals surface area contributed by atoms with E-state index in [2.05, 4.69) is 5.32 Å². The molecule has 1 amide bonds. The topological polar surface area (TPSA) is 86.6 Å². The van der Waals surface area contributed by atoms with Gasteiger partial charge in [-0.05, 0) is 59.5 Å². The van der Waals surface area contributed by atoms with Gasteiger partial charge in [-0.25, -0.2) is 0 Å². The second-order valence-electron chi connectivity index (χ2n) is 5.39. The highest BCUT2D eigenvalue weighted by atomic mass is 32.1. The Morgan fingerprint density at radius 3 is 2.60 bits per heavy atom. The van der Waals surface area contributed by atoms with E-state index in [-0.39, 0.29) is 23.8 Å². The smallest absolute Gasteiger partial charge is 0.244 e. The number of benzene rings is 2. The third-order valence-corrected chi connectivity index (χ3v) is 4.48. The first-order valence-electron chi connectivity index (χ1n) is 7.51. The molecular weight excluding hydrogens is 338 g/mol. The maximum Gasteiger partial charge on any atom is 0.244 e. The van der Waals surface area contributed by atoms with Gasteiger partial charge in [0, 0.05) is 21.7 Å². The molecule has 0 saturated heterocycles. The molecule has 0 atom stereocenters. The summed E-state index contributed by atoms with van der Waals surface area (Å²) in [5.74, 6) is -0.409. The van der Waals surface area contributed by atoms with E-state index < -0.39 is 5.91 Å². The number of thiophene rings is 1. The van der Waals surface area contributed by atoms with Crippen LogP contribution in [0.5, 0.6) is 11.5 Å². The van der Waals surface area contributed by atoms with Crippen LogP contribution in [0.2, 0.25) is 0 Å². The lowest BCUT2D eigenvalue weighted by molar-refractivity contribution is -0.116. The van der Waals surface area contributed by atoms with Crippen molar-refractivity contribution in [1.29, 1.82) is 0 Å². The van der Waals surface area contributed by atoms with E-state index in [0.29, 0.717) is 11.1 Å². The number of nitrogens with one attached hydrogen (secondary N) is 1. The molecule has 25 heavy (non-hydrogen) atoms. The Morgan fingerprint density at radius 1 is 1.08 bits per heavy atom. The molecule has 0 spiro atoms. The van der Waals surface area contributed by atoms with Crippen molar-refractivity contribution in [1.82, 2.24) is 5.32 Å². The summed E-state index contributed by atoms with van der Waals surface area (Å²) in [6, 6.07) is 11.1. The Kier molecular flexibility index (Phi) is 4.81. The van der Waals surface area contributed by atoms with Gasteiger partial charge in [-0.2, -0.15) is 0 Å². The number of carbonyl (C=O) groups is 2. The maximum atomic E-state index is 11.9. The molecule has 3 aromatic rings. The Labute approximate surface area is 147 Å². The normalized spacial score (nSPS) is 11.0. The first kappa shape index (κ1) is 16.7. The number of fused-ring (bicyclic) bond motifs is 1. The van der Waals surface area contributed by atoms with E-state index in [1.54, 1.807) is 12.1 Å². The quantitative estimate of drug-likeness (QED) is 0.485. The SMILES string of the molecule is O=C(/C=C/c1cc(O)c2ccsc2c1)NCC(=O)c1ccc(O)cc1. The first-order valence-corrected chi connectivity index (χ1v) is 8.39. The predicted molar refractivity (Wildman–Crippen MR) is 98.0 cm³/mol. The molecule has 2 aromatic carbocycles.